The largest absolute Gasteiger partial charge is 0.466 e. The first-order valence-corrected chi connectivity index (χ1v) is 7.21. The molecule has 3 rings (SSSR count). The second kappa shape index (κ2) is 5.29. The minimum atomic E-state index is -0.151. The molecule has 0 fully saturated rings. The molecule has 0 aliphatic carbocycles. The molecule has 1 unspecified atom stereocenters. The number of benzene rings is 1. The van der Waals surface area contributed by atoms with Crippen molar-refractivity contribution in [3.63, 3.8) is 0 Å². The number of fused-ring (bicyclic) bond motifs is 3. The normalized spacial score (nSPS) is 18.0. The monoisotopic (exact) mass is 272 g/mol. The molecule has 20 heavy (non-hydrogen) atoms. The van der Waals surface area contributed by atoms with Crippen LogP contribution in [0.1, 0.15) is 24.6 Å². The molecule has 0 spiro atoms. The smallest absolute Gasteiger partial charge is 0.310 e. The van der Waals surface area contributed by atoms with Gasteiger partial charge in [0.25, 0.3) is 0 Å². The second-order valence-electron chi connectivity index (χ2n) is 5.33. The van der Waals surface area contributed by atoms with Gasteiger partial charge in [-0.15, -0.1) is 0 Å². The van der Waals surface area contributed by atoms with E-state index in [2.05, 4.69) is 16.7 Å². The molecule has 2 N–H and O–H groups in total. The van der Waals surface area contributed by atoms with Crippen molar-refractivity contribution in [2.75, 3.05) is 6.61 Å². The Morgan fingerprint density at radius 2 is 2.25 bits per heavy atom. The molecule has 0 amide bonds. The van der Waals surface area contributed by atoms with Crippen LogP contribution < -0.4 is 5.73 Å². The fraction of sp³-hybridized carbons (Fsp3) is 0.438. The van der Waals surface area contributed by atoms with Crippen LogP contribution in [-0.4, -0.2) is 23.2 Å². The Balaban J connectivity index is 2.09. The number of ether oxygens (including phenoxy) is 1. The fourth-order valence-electron chi connectivity index (χ4n) is 3.12. The third kappa shape index (κ3) is 2.20. The zero-order chi connectivity index (χ0) is 14.1. The number of para-hydroxylation sites is 1. The van der Waals surface area contributed by atoms with Gasteiger partial charge >= 0.3 is 5.97 Å². The molecule has 0 saturated carbocycles. The summed E-state index contributed by atoms with van der Waals surface area (Å²) in [6, 6.07) is 8.44. The molecular weight excluding hydrogens is 252 g/mol. The van der Waals surface area contributed by atoms with E-state index in [4.69, 9.17) is 10.5 Å². The van der Waals surface area contributed by atoms with E-state index in [0.29, 0.717) is 13.0 Å². The lowest BCUT2D eigenvalue weighted by molar-refractivity contribution is -0.142. The predicted octanol–water partition coefficient (Wildman–Crippen LogP) is 2.02. The van der Waals surface area contributed by atoms with Gasteiger partial charge in [0.15, 0.2) is 0 Å². The summed E-state index contributed by atoms with van der Waals surface area (Å²) in [6.45, 7) is 3.10. The lowest BCUT2D eigenvalue weighted by Gasteiger charge is -2.23. The molecule has 0 radical (unpaired) electrons. The summed E-state index contributed by atoms with van der Waals surface area (Å²) in [5.74, 6) is -0.151. The standard InChI is InChI=1S/C16H20N2O2/c1-2-20-16(19)9-13-12-5-3-4-6-14(12)18-10-11(17)7-8-15(13)18/h3-6,11H,2,7-10,17H2,1H3. The van der Waals surface area contributed by atoms with E-state index in [1.165, 1.54) is 11.2 Å². The van der Waals surface area contributed by atoms with Crippen LogP contribution >= 0.6 is 0 Å². The zero-order valence-corrected chi connectivity index (χ0v) is 11.8. The van der Waals surface area contributed by atoms with Crippen LogP contribution in [0.25, 0.3) is 10.9 Å². The molecule has 1 aromatic carbocycles. The average molecular weight is 272 g/mol. The van der Waals surface area contributed by atoms with Gasteiger partial charge in [-0.3, -0.25) is 4.79 Å². The first kappa shape index (κ1) is 13.2. The van der Waals surface area contributed by atoms with Crippen LogP contribution in [-0.2, 0) is 28.9 Å². The summed E-state index contributed by atoms with van der Waals surface area (Å²) < 4.78 is 7.38. The van der Waals surface area contributed by atoms with E-state index >= 15 is 0 Å². The van der Waals surface area contributed by atoms with Gasteiger partial charge in [0.05, 0.1) is 13.0 Å². The van der Waals surface area contributed by atoms with E-state index in [9.17, 15) is 4.79 Å². The van der Waals surface area contributed by atoms with Gasteiger partial charge in [0.1, 0.15) is 0 Å². The number of nitrogens with zero attached hydrogens (tertiary/aromatic N) is 1. The SMILES string of the molecule is CCOC(=O)Cc1c2n(c3ccccc13)CC(N)CC2. The first-order chi connectivity index (χ1) is 9.70. The Bertz CT molecular complexity index is 645. The number of rotatable bonds is 3. The molecule has 4 nitrogen and oxygen atoms in total. The van der Waals surface area contributed by atoms with Crippen molar-refractivity contribution in [2.45, 2.75) is 38.8 Å². The highest BCUT2D eigenvalue weighted by molar-refractivity contribution is 5.89. The summed E-state index contributed by atoms with van der Waals surface area (Å²) in [4.78, 5) is 11.8. The summed E-state index contributed by atoms with van der Waals surface area (Å²) in [5, 5.41) is 1.16. The van der Waals surface area contributed by atoms with Gasteiger partial charge < -0.3 is 15.0 Å². The second-order valence-corrected chi connectivity index (χ2v) is 5.33. The maximum absolute atomic E-state index is 11.8. The Morgan fingerprint density at radius 1 is 1.45 bits per heavy atom. The molecule has 1 atom stereocenters. The van der Waals surface area contributed by atoms with Crippen LogP contribution in [0, 0.1) is 0 Å². The van der Waals surface area contributed by atoms with Crippen molar-refractivity contribution in [1.29, 1.82) is 0 Å². The Hall–Kier alpha value is -1.81. The van der Waals surface area contributed by atoms with E-state index in [-0.39, 0.29) is 12.0 Å². The molecular formula is C16H20N2O2. The average Bonchev–Trinajstić information content (AvgIpc) is 2.74. The third-order valence-corrected chi connectivity index (χ3v) is 3.99. The topological polar surface area (TPSA) is 57.2 Å². The molecule has 106 valence electrons. The van der Waals surface area contributed by atoms with Crippen molar-refractivity contribution >= 4 is 16.9 Å². The van der Waals surface area contributed by atoms with Crippen LogP contribution in [0.4, 0.5) is 0 Å². The minimum absolute atomic E-state index is 0.151. The molecule has 2 aromatic rings. The summed E-state index contributed by atoms with van der Waals surface area (Å²) in [6.07, 6.45) is 2.27. The number of nitrogens with two attached hydrogens (primary N) is 1. The quantitative estimate of drug-likeness (QED) is 0.870. The van der Waals surface area contributed by atoms with Crippen LogP contribution in [0.5, 0.6) is 0 Å². The molecule has 2 heterocycles. The van der Waals surface area contributed by atoms with Gasteiger partial charge in [-0.05, 0) is 31.4 Å². The molecule has 0 saturated heterocycles. The number of carbonyl (C=O) groups is 1. The molecule has 1 aliphatic heterocycles. The van der Waals surface area contributed by atoms with Crippen molar-refractivity contribution < 1.29 is 9.53 Å². The predicted molar refractivity (Wildman–Crippen MR) is 78.6 cm³/mol. The Kier molecular flexibility index (Phi) is 3.49. The van der Waals surface area contributed by atoms with Crippen molar-refractivity contribution in [1.82, 2.24) is 4.57 Å². The minimum Gasteiger partial charge on any atom is -0.466 e. The molecule has 1 aromatic heterocycles. The number of hydrogen-bond donors (Lipinski definition) is 1. The summed E-state index contributed by atoms with van der Waals surface area (Å²) >= 11 is 0. The van der Waals surface area contributed by atoms with Gasteiger partial charge in [-0.1, -0.05) is 18.2 Å². The zero-order valence-electron chi connectivity index (χ0n) is 11.8. The lowest BCUT2D eigenvalue weighted by atomic mass is 10.0. The van der Waals surface area contributed by atoms with Gasteiger partial charge in [-0.2, -0.15) is 0 Å². The highest BCUT2D eigenvalue weighted by Crippen LogP contribution is 2.31. The number of aromatic nitrogens is 1. The fourth-order valence-corrected chi connectivity index (χ4v) is 3.12. The van der Waals surface area contributed by atoms with Crippen molar-refractivity contribution in [2.24, 2.45) is 5.73 Å². The third-order valence-electron chi connectivity index (χ3n) is 3.99. The molecule has 4 heteroatoms. The summed E-state index contributed by atoms with van der Waals surface area (Å²) in [5.41, 5.74) is 9.63. The number of hydrogen-bond acceptors (Lipinski definition) is 3. The highest BCUT2D eigenvalue weighted by atomic mass is 16.5. The maximum Gasteiger partial charge on any atom is 0.310 e. The number of carbonyl (C=O) groups excluding carboxylic acids is 1. The van der Waals surface area contributed by atoms with Crippen molar-refractivity contribution in [3.8, 4) is 0 Å². The van der Waals surface area contributed by atoms with E-state index in [0.717, 1.165) is 30.3 Å². The maximum atomic E-state index is 11.8. The van der Waals surface area contributed by atoms with Gasteiger partial charge in [-0.25, -0.2) is 0 Å². The number of esters is 1. The van der Waals surface area contributed by atoms with Crippen LogP contribution in [0.3, 0.4) is 0 Å². The van der Waals surface area contributed by atoms with Gasteiger partial charge in [0.2, 0.25) is 0 Å². The summed E-state index contributed by atoms with van der Waals surface area (Å²) in [7, 11) is 0. The molecule has 1 aliphatic rings. The van der Waals surface area contributed by atoms with E-state index < -0.39 is 0 Å². The molecule has 0 bridgehead atoms. The van der Waals surface area contributed by atoms with E-state index in [1.54, 1.807) is 0 Å². The highest BCUT2D eigenvalue weighted by Gasteiger charge is 2.24. The van der Waals surface area contributed by atoms with Crippen LogP contribution in [0.15, 0.2) is 24.3 Å². The van der Waals surface area contributed by atoms with Gasteiger partial charge in [0, 0.05) is 29.2 Å². The van der Waals surface area contributed by atoms with Crippen LogP contribution in [0.2, 0.25) is 0 Å². The first-order valence-electron chi connectivity index (χ1n) is 7.21. The van der Waals surface area contributed by atoms with Crippen molar-refractivity contribution in [3.05, 3.63) is 35.5 Å². The Morgan fingerprint density at radius 3 is 3.05 bits per heavy atom. The Labute approximate surface area is 118 Å². The lowest BCUT2D eigenvalue weighted by Crippen LogP contribution is -2.32. The van der Waals surface area contributed by atoms with E-state index in [1.807, 2.05) is 19.1 Å².